The number of benzene rings is 2. The van der Waals surface area contributed by atoms with Gasteiger partial charge in [-0.1, -0.05) is 48.3 Å². The van der Waals surface area contributed by atoms with E-state index in [2.05, 4.69) is 0 Å². The van der Waals surface area contributed by atoms with E-state index in [-0.39, 0.29) is 10.6 Å². The first-order chi connectivity index (χ1) is 14.7. The smallest absolute Gasteiger partial charge is 0.244 e. The van der Waals surface area contributed by atoms with E-state index in [1.807, 2.05) is 18.2 Å². The van der Waals surface area contributed by atoms with Crippen LogP contribution in [0.3, 0.4) is 0 Å². The maximum Gasteiger partial charge on any atom is 0.244 e. The van der Waals surface area contributed by atoms with Crippen molar-refractivity contribution in [1.29, 1.82) is 21.2 Å². The summed E-state index contributed by atoms with van der Waals surface area (Å²) in [6.07, 6.45) is -1.63. The highest BCUT2D eigenvalue weighted by Crippen LogP contribution is 2.69. The summed E-state index contributed by atoms with van der Waals surface area (Å²) in [4.78, 5) is 0. The summed E-state index contributed by atoms with van der Waals surface area (Å²) in [6, 6.07) is 15.9. The summed E-state index contributed by atoms with van der Waals surface area (Å²) in [5, 5.41) is 39.3. The lowest BCUT2D eigenvalue weighted by Crippen LogP contribution is -2.57. The van der Waals surface area contributed by atoms with E-state index in [1.165, 1.54) is 18.2 Å². The third-order valence-electron chi connectivity index (χ3n) is 6.16. The number of ether oxygens (including phenoxy) is 2. The maximum atomic E-state index is 15.0. The third kappa shape index (κ3) is 2.42. The molecule has 2 aromatic carbocycles. The van der Waals surface area contributed by atoms with Crippen molar-refractivity contribution in [3.05, 3.63) is 69.5 Å². The molecule has 6 nitrogen and oxygen atoms in total. The summed E-state index contributed by atoms with van der Waals surface area (Å²) < 4.78 is 27.0. The zero-order valence-corrected chi connectivity index (χ0v) is 17.5. The first-order valence-corrected chi connectivity index (χ1v) is 9.89. The van der Waals surface area contributed by atoms with Crippen molar-refractivity contribution in [1.82, 2.24) is 0 Å². The minimum atomic E-state index is -2.32. The number of halogens is 3. The minimum Gasteiger partial charge on any atom is -0.443 e. The minimum absolute atomic E-state index is 0.0882. The number of nitriles is 3. The fraction of sp³-hybridized carbons (Fsp3) is 0.273. The van der Waals surface area contributed by atoms with E-state index in [0.29, 0.717) is 10.6 Å². The summed E-state index contributed by atoms with van der Waals surface area (Å²) in [7, 11) is 0. The molecule has 4 unspecified atom stereocenters. The lowest BCUT2D eigenvalue weighted by atomic mass is 9.53. The number of hydrogen-bond acceptors (Lipinski definition) is 6. The predicted molar refractivity (Wildman–Crippen MR) is 108 cm³/mol. The molecule has 4 atom stereocenters. The summed E-state index contributed by atoms with van der Waals surface area (Å²) in [5.41, 5.74) is -4.28. The van der Waals surface area contributed by atoms with Crippen LogP contribution < -0.4 is 0 Å². The Morgan fingerprint density at radius 3 is 2.32 bits per heavy atom. The van der Waals surface area contributed by atoms with E-state index in [0.717, 1.165) is 6.07 Å². The average Bonchev–Trinajstić information content (AvgIpc) is 2.91. The summed E-state index contributed by atoms with van der Waals surface area (Å²) >= 11 is 12.4. The third-order valence-corrected chi connectivity index (χ3v) is 6.72. The van der Waals surface area contributed by atoms with Crippen molar-refractivity contribution >= 4 is 29.1 Å². The molecule has 4 rings (SSSR count). The number of rotatable bonds is 2. The molecular formula is C22H13Cl2FN4O2. The molecule has 2 aliphatic rings. The van der Waals surface area contributed by atoms with Crippen LogP contribution in [-0.4, -0.2) is 5.90 Å². The van der Waals surface area contributed by atoms with Gasteiger partial charge in [0.25, 0.3) is 0 Å². The van der Waals surface area contributed by atoms with Crippen molar-refractivity contribution in [3.63, 3.8) is 0 Å². The molecule has 0 spiro atoms. The van der Waals surface area contributed by atoms with Crippen LogP contribution in [0, 0.1) is 62.0 Å². The molecule has 0 saturated carbocycles. The van der Waals surface area contributed by atoms with Crippen molar-refractivity contribution in [3.8, 4) is 18.2 Å². The van der Waals surface area contributed by atoms with Gasteiger partial charge in [0, 0.05) is 21.2 Å². The number of fused-ring (bicyclic) bond motifs is 2. The Morgan fingerprint density at radius 1 is 1.06 bits per heavy atom. The Balaban J connectivity index is 2.10. The van der Waals surface area contributed by atoms with Gasteiger partial charge >= 0.3 is 0 Å². The monoisotopic (exact) mass is 454 g/mol. The molecule has 2 heterocycles. The second-order valence-electron chi connectivity index (χ2n) is 7.42. The van der Waals surface area contributed by atoms with Gasteiger partial charge in [-0.05, 0) is 24.3 Å². The normalized spacial score (nSPS) is 30.5. The first kappa shape index (κ1) is 21.1. The molecule has 0 amide bonds. The van der Waals surface area contributed by atoms with Crippen LogP contribution in [-0.2, 0) is 15.3 Å². The van der Waals surface area contributed by atoms with Gasteiger partial charge in [0.1, 0.15) is 11.9 Å². The van der Waals surface area contributed by atoms with Gasteiger partial charge in [0.05, 0.1) is 24.1 Å². The molecule has 9 heteroatoms. The maximum absolute atomic E-state index is 15.0. The molecule has 1 N–H and O–H groups in total. The van der Waals surface area contributed by atoms with Crippen molar-refractivity contribution in [2.75, 3.05) is 0 Å². The Hall–Kier alpha value is -3.15. The van der Waals surface area contributed by atoms with Crippen LogP contribution in [0.25, 0.3) is 0 Å². The first-order valence-electron chi connectivity index (χ1n) is 9.13. The van der Waals surface area contributed by atoms with Gasteiger partial charge in [-0.25, -0.2) is 4.39 Å². The van der Waals surface area contributed by atoms with Gasteiger partial charge in [-0.15, -0.1) is 0 Å². The van der Waals surface area contributed by atoms with Gasteiger partial charge in [-0.2, -0.15) is 15.8 Å². The highest BCUT2D eigenvalue weighted by atomic mass is 35.5. The fourth-order valence-corrected chi connectivity index (χ4v) is 5.04. The van der Waals surface area contributed by atoms with E-state index in [4.69, 9.17) is 38.1 Å². The topological polar surface area (TPSA) is 114 Å². The van der Waals surface area contributed by atoms with E-state index >= 15 is 0 Å². The van der Waals surface area contributed by atoms with Gasteiger partial charge in [0.15, 0.2) is 5.41 Å². The van der Waals surface area contributed by atoms with Crippen LogP contribution in [0.5, 0.6) is 0 Å². The van der Waals surface area contributed by atoms with E-state index in [1.54, 1.807) is 25.1 Å². The quantitative estimate of drug-likeness (QED) is 0.665. The second-order valence-corrected chi connectivity index (χ2v) is 8.26. The highest BCUT2D eigenvalue weighted by Gasteiger charge is 2.80. The zero-order chi connectivity index (χ0) is 22.6. The molecule has 0 radical (unpaired) electrons. The molecule has 2 fully saturated rings. The van der Waals surface area contributed by atoms with Crippen molar-refractivity contribution in [2.24, 2.45) is 16.7 Å². The van der Waals surface area contributed by atoms with Crippen LogP contribution in [0.1, 0.15) is 24.2 Å². The highest BCUT2D eigenvalue weighted by molar-refractivity contribution is 6.31. The summed E-state index contributed by atoms with van der Waals surface area (Å²) in [6.45, 7) is 1.55. The summed E-state index contributed by atoms with van der Waals surface area (Å²) in [5.74, 6) is -4.19. The zero-order valence-electron chi connectivity index (χ0n) is 16.0. The predicted octanol–water partition coefficient (Wildman–Crippen LogP) is 5.24. The Kier molecular flexibility index (Phi) is 4.72. The molecular weight excluding hydrogens is 442 g/mol. The molecule has 31 heavy (non-hydrogen) atoms. The van der Waals surface area contributed by atoms with Crippen LogP contribution in [0.4, 0.5) is 4.39 Å². The van der Waals surface area contributed by atoms with Crippen LogP contribution >= 0.6 is 23.2 Å². The van der Waals surface area contributed by atoms with Crippen LogP contribution in [0.2, 0.25) is 10.0 Å². The van der Waals surface area contributed by atoms with E-state index < -0.39 is 40.4 Å². The van der Waals surface area contributed by atoms with Crippen molar-refractivity contribution in [2.45, 2.75) is 18.8 Å². The fourth-order valence-electron chi connectivity index (χ4n) is 4.59. The Morgan fingerprint density at radius 2 is 1.74 bits per heavy atom. The lowest BCUT2D eigenvalue weighted by Gasteiger charge is -2.48. The molecule has 0 aliphatic carbocycles. The van der Waals surface area contributed by atoms with Gasteiger partial charge < -0.3 is 9.47 Å². The van der Waals surface area contributed by atoms with Gasteiger partial charge in [0.2, 0.25) is 17.1 Å². The second kappa shape index (κ2) is 6.94. The molecule has 2 saturated heterocycles. The van der Waals surface area contributed by atoms with Crippen LogP contribution in [0.15, 0.2) is 42.5 Å². The van der Waals surface area contributed by atoms with Crippen molar-refractivity contribution < 1.29 is 13.9 Å². The molecule has 154 valence electrons. The Bertz CT molecular complexity index is 1210. The Labute approximate surface area is 187 Å². The number of nitrogens with one attached hydrogen (secondary N) is 1. The van der Waals surface area contributed by atoms with E-state index in [9.17, 15) is 20.2 Å². The largest absolute Gasteiger partial charge is 0.443 e. The lowest BCUT2D eigenvalue weighted by molar-refractivity contribution is -0.289. The molecule has 2 aliphatic heterocycles. The molecule has 0 aromatic heterocycles. The average molecular weight is 455 g/mol. The standard InChI is InChI=1S/C22H13Cl2FN4O2/c1-12-21(11-28)19(29)31-22(12,13-4-2-5-14(23)8-13)30-18(20(21,9-26)10-27)17-15(24)6-3-7-16(17)25/h2-8,12,18,29H,1H3. The van der Waals surface area contributed by atoms with Gasteiger partial charge in [-0.3, -0.25) is 5.41 Å². The SMILES string of the molecule is CC1C2(c3cccc(Cl)c3)OC(=N)C1(C#N)C(C#N)(C#N)C(c1c(F)cccc1Cl)O2. The molecule has 2 bridgehead atoms. The number of hydrogen-bond donors (Lipinski definition) is 1. The number of nitrogens with zero attached hydrogens (tertiary/aromatic N) is 3. The molecule has 2 aromatic rings.